The predicted molar refractivity (Wildman–Crippen MR) is 78.7 cm³/mol. The van der Waals surface area contributed by atoms with Crippen molar-refractivity contribution in [1.29, 1.82) is 0 Å². The van der Waals surface area contributed by atoms with E-state index in [9.17, 15) is 0 Å². The second kappa shape index (κ2) is 5.54. The van der Waals surface area contributed by atoms with Crippen molar-refractivity contribution in [2.24, 2.45) is 5.92 Å². The maximum absolute atomic E-state index is 5.44. The highest BCUT2D eigenvalue weighted by Crippen LogP contribution is 2.48. The standard InChI is InChI=1S/C17H25NO/c1-19-16-8-4-7-14(12-16)17-9-3-2-6-15(17)13-18-11-5-10-17/h4,7-8,12,15,18H,2-3,5-6,9-11,13H2,1H3/t15-,17-/m0/s1. The molecule has 2 heteroatoms. The van der Waals surface area contributed by atoms with Gasteiger partial charge in [0, 0.05) is 0 Å². The molecule has 1 saturated heterocycles. The van der Waals surface area contributed by atoms with Crippen LogP contribution >= 0.6 is 0 Å². The zero-order chi connectivity index (χ0) is 13.1. The van der Waals surface area contributed by atoms with Crippen molar-refractivity contribution in [2.45, 2.75) is 43.9 Å². The first-order valence-corrected chi connectivity index (χ1v) is 7.70. The molecule has 2 nitrogen and oxygen atoms in total. The lowest BCUT2D eigenvalue weighted by molar-refractivity contribution is 0.181. The van der Waals surface area contributed by atoms with Gasteiger partial charge in [-0.1, -0.05) is 25.0 Å². The molecular formula is C17H25NO. The van der Waals surface area contributed by atoms with E-state index in [0.717, 1.165) is 11.7 Å². The molecule has 1 aromatic carbocycles. The summed E-state index contributed by atoms with van der Waals surface area (Å²) in [5, 5.41) is 3.64. The van der Waals surface area contributed by atoms with Gasteiger partial charge in [-0.3, -0.25) is 0 Å². The molecule has 1 N–H and O–H groups in total. The van der Waals surface area contributed by atoms with Crippen LogP contribution in [0.25, 0.3) is 0 Å². The number of rotatable bonds is 2. The summed E-state index contributed by atoms with van der Waals surface area (Å²) in [6, 6.07) is 8.83. The van der Waals surface area contributed by atoms with Gasteiger partial charge in [0.05, 0.1) is 7.11 Å². The number of ether oxygens (including phenoxy) is 1. The topological polar surface area (TPSA) is 21.3 Å². The maximum Gasteiger partial charge on any atom is 0.119 e. The Morgan fingerprint density at radius 3 is 3.00 bits per heavy atom. The average Bonchev–Trinajstić information content (AvgIpc) is 2.70. The molecule has 19 heavy (non-hydrogen) atoms. The van der Waals surface area contributed by atoms with Crippen molar-refractivity contribution in [3.8, 4) is 5.75 Å². The maximum atomic E-state index is 5.44. The largest absolute Gasteiger partial charge is 0.497 e. The summed E-state index contributed by atoms with van der Waals surface area (Å²) in [5.41, 5.74) is 1.91. The molecule has 2 aliphatic rings. The number of methoxy groups -OCH3 is 1. The van der Waals surface area contributed by atoms with E-state index in [1.807, 2.05) is 0 Å². The third-order valence-corrected chi connectivity index (χ3v) is 5.22. The van der Waals surface area contributed by atoms with Gasteiger partial charge in [-0.2, -0.15) is 0 Å². The number of hydrogen-bond acceptors (Lipinski definition) is 2. The highest BCUT2D eigenvalue weighted by molar-refractivity contribution is 5.35. The molecule has 104 valence electrons. The number of fused-ring (bicyclic) bond motifs is 1. The lowest BCUT2D eigenvalue weighted by Gasteiger charge is -2.44. The summed E-state index contributed by atoms with van der Waals surface area (Å²) < 4.78 is 5.44. The predicted octanol–water partition coefficient (Wildman–Crippen LogP) is 3.51. The third-order valence-electron chi connectivity index (χ3n) is 5.22. The summed E-state index contributed by atoms with van der Waals surface area (Å²) in [6.07, 6.45) is 8.15. The van der Waals surface area contributed by atoms with E-state index in [4.69, 9.17) is 4.74 Å². The molecule has 1 aliphatic carbocycles. The SMILES string of the molecule is COc1cccc([C@@]23CCCC[C@H]2CNCCC3)c1. The zero-order valence-corrected chi connectivity index (χ0v) is 12.0. The van der Waals surface area contributed by atoms with E-state index in [1.54, 1.807) is 7.11 Å². The van der Waals surface area contributed by atoms with E-state index < -0.39 is 0 Å². The Labute approximate surface area is 116 Å². The Morgan fingerprint density at radius 2 is 2.11 bits per heavy atom. The molecule has 0 radical (unpaired) electrons. The quantitative estimate of drug-likeness (QED) is 0.877. The number of benzene rings is 1. The van der Waals surface area contributed by atoms with Crippen LogP contribution in [0.2, 0.25) is 0 Å². The monoisotopic (exact) mass is 259 g/mol. The molecule has 3 rings (SSSR count). The van der Waals surface area contributed by atoms with Crippen molar-refractivity contribution in [3.63, 3.8) is 0 Å². The van der Waals surface area contributed by atoms with Crippen LogP contribution in [-0.4, -0.2) is 20.2 Å². The van der Waals surface area contributed by atoms with Gasteiger partial charge in [-0.05, 0) is 67.8 Å². The lowest BCUT2D eigenvalue weighted by atomic mass is 9.61. The average molecular weight is 259 g/mol. The van der Waals surface area contributed by atoms with Crippen LogP contribution in [0.5, 0.6) is 5.75 Å². The van der Waals surface area contributed by atoms with Gasteiger partial charge in [0.2, 0.25) is 0 Å². The summed E-state index contributed by atoms with van der Waals surface area (Å²) >= 11 is 0. The third kappa shape index (κ3) is 2.38. The first kappa shape index (κ1) is 13.0. The van der Waals surface area contributed by atoms with Gasteiger partial charge in [0.1, 0.15) is 5.75 Å². The zero-order valence-electron chi connectivity index (χ0n) is 12.0. The van der Waals surface area contributed by atoms with Crippen LogP contribution in [0.15, 0.2) is 24.3 Å². The summed E-state index contributed by atoms with van der Waals surface area (Å²) in [6.45, 7) is 2.37. The second-order valence-corrected chi connectivity index (χ2v) is 6.14. The van der Waals surface area contributed by atoms with Gasteiger partial charge in [0.15, 0.2) is 0 Å². The van der Waals surface area contributed by atoms with Crippen molar-refractivity contribution in [1.82, 2.24) is 5.32 Å². The smallest absolute Gasteiger partial charge is 0.119 e. The van der Waals surface area contributed by atoms with Gasteiger partial charge < -0.3 is 10.1 Å². The molecule has 0 amide bonds. The van der Waals surface area contributed by atoms with Gasteiger partial charge in [0.25, 0.3) is 0 Å². The van der Waals surface area contributed by atoms with Gasteiger partial charge in [-0.25, -0.2) is 0 Å². The molecule has 1 saturated carbocycles. The number of nitrogens with one attached hydrogen (secondary N) is 1. The summed E-state index contributed by atoms with van der Waals surface area (Å²) in [5.74, 6) is 1.81. The van der Waals surface area contributed by atoms with Crippen molar-refractivity contribution >= 4 is 0 Å². The van der Waals surface area contributed by atoms with Gasteiger partial charge in [-0.15, -0.1) is 0 Å². The van der Waals surface area contributed by atoms with E-state index >= 15 is 0 Å². The first-order valence-electron chi connectivity index (χ1n) is 7.70. The molecule has 0 unspecified atom stereocenters. The van der Waals surface area contributed by atoms with E-state index in [2.05, 4.69) is 29.6 Å². The van der Waals surface area contributed by atoms with Crippen molar-refractivity contribution < 1.29 is 4.74 Å². The first-order chi connectivity index (χ1) is 9.35. The summed E-state index contributed by atoms with van der Waals surface area (Å²) in [7, 11) is 1.77. The van der Waals surface area contributed by atoms with Crippen LogP contribution in [0.3, 0.4) is 0 Å². The molecule has 1 heterocycles. The molecule has 0 aromatic heterocycles. The molecule has 0 spiro atoms. The molecule has 1 aliphatic heterocycles. The Bertz CT molecular complexity index is 431. The highest BCUT2D eigenvalue weighted by Gasteiger charge is 2.42. The highest BCUT2D eigenvalue weighted by atomic mass is 16.5. The normalized spacial score (nSPS) is 31.3. The van der Waals surface area contributed by atoms with E-state index in [1.165, 1.54) is 57.2 Å². The molecule has 2 atom stereocenters. The molecule has 0 bridgehead atoms. The molecular weight excluding hydrogens is 234 g/mol. The fraction of sp³-hybridized carbons (Fsp3) is 0.647. The summed E-state index contributed by atoms with van der Waals surface area (Å²) in [4.78, 5) is 0. The van der Waals surface area contributed by atoms with Crippen LogP contribution in [0, 0.1) is 5.92 Å². The fourth-order valence-corrected chi connectivity index (χ4v) is 4.20. The van der Waals surface area contributed by atoms with Crippen molar-refractivity contribution in [3.05, 3.63) is 29.8 Å². The van der Waals surface area contributed by atoms with Crippen LogP contribution in [-0.2, 0) is 5.41 Å². The van der Waals surface area contributed by atoms with Crippen LogP contribution in [0.4, 0.5) is 0 Å². The Kier molecular flexibility index (Phi) is 3.79. The minimum absolute atomic E-state index is 0.399. The number of hydrogen-bond donors (Lipinski definition) is 1. The Balaban J connectivity index is 1.99. The Hall–Kier alpha value is -1.02. The van der Waals surface area contributed by atoms with Crippen LogP contribution < -0.4 is 10.1 Å². The van der Waals surface area contributed by atoms with Crippen LogP contribution in [0.1, 0.15) is 44.1 Å². The van der Waals surface area contributed by atoms with E-state index in [-0.39, 0.29) is 0 Å². The van der Waals surface area contributed by atoms with Gasteiger partial charge >= 0.3 is 0 Å². The second-order valence-electron chi connectivity index (χ2n) is 6.14. The lowest BCUT2D eigenvalue weighted by Crippen LogP contribution is -2.40. The van der Waals surface area contributed by atoms with Crippen molar-refractivity contribution in [2.75, 3.05) is 20.2 Å². The Morgan fingerprint density at radius 1 is 1.21 bits per heavy atom. The van der Waals surface area contributed by atoms with E-state index in [0.29, 0.717) is 5.41 Å². The minimum atomic E-state index is 0.399. The molecule has 2 fully saturated rings. The minimum Gasteiger partial charge on any atom is -0.497 e. The molecule has 1 aromatic rings. The fourth-order valence-electron chi connectivity index (χ4n) is 4.20.